The maximum absolute atomic E-state index is 4.55. The first-order chi connectivity index (χ1) is 9.40. The second-order valence-corrected chi connectivity index (χ2v) is 5.00. The molecule has 0 aliphatic heterocycles. The summed E-state index contributed by atoms with van der Waals surface area (Å²) in [5.74, 6) is 0. The van der Waals surface area contributed by atoms with E-state index in [1.54, 1.807) is 0 Å². The number of pyridine rings is 1. The third-order valence-electron chi connectivity index (χ3n) is 3.41. The smallest absolute Gasteiger partial charge is 0.0702 e. The highest BCUT2D eigenvalue weighted by molar-refractivity contribution is 5.58. The Morgan fingerprint density at radius 3 is 2.42 bits per heavy atom. The van der Waals surface area contributed by atoms with Gasteiger partial charge in [0, 0.05) is 11.8 Å². The molecule has 1 heterocycles. The van der Waals surface area contributed by atoms with Crippen molar-refractivity contribution in [3.05, 3.63) is 54.2 Å². The van der Waals surface area contributed by atoms with Gasteiger partial charge in [-0.1, -0.05) is 62.9 Å². The molecule has 1 nitrogen and oxygen atoms in total. The Hall–Kier alpha value is -1.63. The predicted molar refractivity (Wildman–Crippen MR) is 81.0 cm³/mol. The van der Waals surface area contributed by atoms with Crippen LogP contribution in [0.4, 0.5) is 0 Å². The number of nitrogens with zero attached hydrogens (tertiary/aromatic N) is 1. The highest BCUT2D eigenvalue weighted by Crippen LogP contribution is 2.17. The lowest BCUT2D eigenvalue weighted by molar-refractivity contribution is 0.632. The molecular formula is C18H22N. The average molecular weight is 252 g/mol. The van der Waals surface area contributed by atoms with Gasteiger partial charge in [0.25, 0.3) is 0 Å². The first-order valence-electron chi connectivity index (χ1n) is 7.31. The largest absolute Gasteiger partial charge is 0.256 e. The van der Waals surface area contributed by atoms with Crippen molar-refractivity contribution in [2.24, 2.45) is 0 Å². The van der Waals surface area contributed by atoms with E-state index in [4.69, 9.17) is 0 Å². The summed E-state index contributed by atoms with van der Waals surface area (Å²) in [6.45, 7) is 2.25. The molecule has 0 aliphatic carbocycles. The number of aryl methyl sites for hydroxylation is 1. The Balaban J connectivity index is 1.85. The summed E-state index contributed by atoms with van der Waals surface area (Å²) < 4.78 is 0. The maximum Gasteiger partial charge on any atom is 0.0702 e. The molecule has 0 N–H and O–H groups in total. The van der Waals surface area contributed by atoms with E-state index in [1.807, 2.05) is 30.5 Å². The van der Waals surface area contributed by atoms with Crippen molar-refractivity contribution in [2.45, 2.75) is 45.4 Å². The first kappa shape index (κ1) is 13.8. The third-order valence-corrected chi connectivity index (χ3v) is 3.41. The van der Waals surface area contributed by atoms with Crippen LogP contribution in [0, 0.1) is 6.07 Å². The van der Waals surface area contributed by atoms with Crippen LogP contribution in [0.3, 0.4) is 0 Å². The number of hydrogen-bond donors (Lipinski definition) is 0. The van der Waals surface area contributed by atoms with Crippen LogP contribution in [0.5, 0.6) is 0 Å². The zero-order valence-corrected chi connectivity index (χ0v) is 11.7. The molecular weight excluding hydrogens is 230 g/mol. The number of unbranched alkanes of at least 4 members (excludes halogenated alkanes) is 4. The molecule has 2 aromatic rings. The summed E-state index contributed by atoms with van der Waals surface area (Å²) in [6.07, 6.45) is 9.83. The van der Waals surface area contributed by atoms with Crippen LogP contribution in [0.25, 0.3) is 11.3 Å². The van der Waals surface area contributed by atoms with Crippen LogP contribution in [0.1, 0.15) is 44.6 Å². The molecule has 0 amide bonds. The van der Waals surface area contributed by atoms with Gasteiger partial charge in [-0.15, -0.1) is 0 Å². The van der Waals surface area contributed by atoms with E-state index in [1.165, 1.54) is 37.7 Å². The minimum Gasteiger partial charge on any atom is -0.256 e. The molecule has 0 bridgehead atoms. The molecule has 1 radical (unpaired) electrons. The third kappa shape index (κ3) is 4.51. The summed E-state index contributed by atoms with van der Waals surface area (Å²) in [5.41, 5.74) is 3.56. The van der Waals surface area contributed by atoms with Crippen molar-refractivity contribution in [1.82, 2.24) is 4.98 Å². The fourth-order valence-electron chi connectivity index (χ4n) is 2.23. The van der Waals surface area contributed by atoms with Gasteiger partial charge in [0.2, 0.25) is 0 Å². The molecule has 99 valence electrons. The van der Waals surface area contributed by atoms with Gasteiger partial charge in [-0.25, -0.2) is 0 Å². The predicted octanol–water partition coefficient (Wildman–Crippen LogP) is 5.06. The molecule has 19 heavy (non-hydrogen) atoms. The molecule has 1 heteroatoms. The summed E-state index contributed by atoms with van der Waals surface area (Å²) in [6, 6.07) is 15.3. The lowest BCUT2D eigenvalue weighted by atomic mass is 10.1. The Morgan fingerprint density at radius 2 is 1.74 bits per heavy atom. The van der Waals surface area contributed by atoms with Crippen molar-refractivity contribution in [1.29, 1.82) is 0 Å². The first-order valence-corrected chi connectivity index (χ1v) is 7.31. The van der Waals surface area contributed by atoms with E-state index in [9.17, 15) is 0 Å². The minimum absolute atomic E-state index is 1.05. The quantitative estimate of drug-likeness (QED) is 0.627. The second-order valence-electron chi connectivity index (χ2n) is 5.00. The van der Waals surface area contributed by atoms with Crippen molar-refractivity contribution < 1.29 is 0 Å². The van der Waals surface area contributed by atoms with Crippen molar-refractivity contribution >= 4 is 0 Å². The van der Waals surface area contributed by atoms with E-state index >= 15 is 0 Å². The van der Waals surface area contributed by atoms with Gasteiger partial charge in [-0.2, -0.15) is 0 Å². The lowest BCUT2D eigenvalue weighted by Crippen LogP contribution is -1.89. The molecule has 0 saturated heterocycles. The van der Waals surface area contributed by atoms with Crippen LogP contribution in [-0.2, 0) is 6.42 Å². The van der Waals surface area contributed by atoms with Gasteiger partial charge in [0.05, 0.1) is 5.69 Å². The van der Waals surface area contributed by atoms with Crippen molar-refractivity contribution in [3.8, 4) is 11.3 Å². The number of aromatic nitrogens is 1. The maximum atomic E-state index is 4.55. The van der Waals surface area contributed by atoms with Crippen LogP contribution in [0.15, 0.2) is 42.6 Å². The average Bonchev–Trinajstić information content (AvgIpc) is 2.49. The molecule has 0 spiro atoms. The summed E-state index contributed by atoms with van der Waals surface area (Å²) in [5, 5.41) is 0. The number of benzene rings is 1. The highest BCUT2D eigenvalue weighted by atomic mass is 14.7. The molecule has 1 aromatic carbocycles. The van der Waals surface area contributed by atoms with Gasteiger partial charge < -0.3 is 0 Å². The standard InChI is InChI=1S/C18H22N/c1-2-3-4-5-7-10-16-13-14-18(19-15-16)17-11-8-6-9-12-17/h8-9,11-15H,2-5,7,10H2,1H3. The van der Waals surface area contributed by atoms with E-state index in [0.717, 1.165) is 17.7 Å². The Kier molecular flexibility index (Phi) is 5.61. The molecule has 0 aliphatic rings. The monoisotopic (exact) mass is 252 g/mol. The summed E-state index contributed by atoms with van der Waals surface area (Å²) in [4.78, 5) is 4.55. The zero-order chi connectivity index (χ0) is 13.3. The van der Waals surface area contributed by atoms with Gasteiger partial charge in [0.1, 0.15) is 0 Å². The Labute approximate surface area is 116 Å². The molecule has 0 atom stereocenters. The van der Waals surface area contributed by atoms with Crippen molar-refractivity contribution in [3.63, 3.8) is 0 Å². The zero-order valence-electron chi connectivity index (χ0n) is 11.7. The van der Waals surface area contributed by atoms with Crippen LogP contribution < -0.4 is 0 Å². The molecule has 0 fully saturated rings. The molecule has 1 aromatic heterocycles. The normalized spacial score (nSPS) is 10.6. The van der Waals surface area contributed by atoms with Gasteiger partial charge >= 0.3 is 0 Å². The Bertz CT molecular complexity index is 459. The van der Waals surface area contributed by atoms with Gasteiger partial charge in [-0.3, -0.25) is 4.98 Å². The van der Waals surface area contributed by atoms with E-state index in [2.05, 4.69) is 30.1 Å². The molecule has 2 rings (SSSR count). The molecule has 0 unspecified atom stereocenters. The highest BCUT2D eigenvalue weighted by Gasteiger charge is 1.99. The lowest BCUT2D eigenvalue weighted by Gasteiger charge is -2.04. The topological polar surface area (TPSA) is 12.9 Å². The van der Waals surface area contributed by atoms with Crippen LogP contribution in [0.2, 0.25) is 0 Å². The minimum atomic E-state index is 1.05. The van der Waals surface area contributed by atoms with E-state index < -0.39 is 0 Å². The molecule has 0 saturated carbocycles. The van der Waals surface area contributed by atoms with Crippen molar-refractivity contribution in [2.75, 3.05) is 0 Å². The summed E-state index contributed by atoms with van der Waals surface area (Å²) in [7, 11) is 0. The SMILES string of the molecule is CCCCCCCc1ccc(-c2cc[c]cc2)nc1. The van der Waals surface area contributed by atoms with E-state index in [-0.39, 0.29) is 0 Å². The van der Waals surface area contributed by atoms with Crippen LogP contribution in [-0.4, -0.2) is 4.98 Å². The van der Waals surface area contributed by atoms with Crippen LogP contribution >= 0.6 is 0 Å². The Morgan fingerprint density at radius 1 is 0.947 bits per heavy atom. The number of hydrogen-bond acceptors (Lipinski definition) is 1. The van der Waals surface area contributed by atoms with Gasteiger partial charge in [-0.05, 0) is 30.5 Å². The van der Waals surface area contributed by atoms with E-state index in [0.29, 0.717) is 0 Å². The van der Waals surface area contributed by atoms with Gasteiger partial charge in [0.15, 0.2) is 0 Å². The number of rotatable bonds is 7. The summed E-state index contributed by atoms with van der Waals surface area (Å²) >= 11 is 0. The fraction of sp³-hybridized carbons (Fsp3) is 0.389. The second kappa shape index (κ2) is 7.73. The fourth-order valence-corrected chi connectivity index (χ4v) is 2.23.